The van der Waals surface area contributed by atoms with Crippen molar-refractivity contribution in [2.75, 3.05) is 13.1 Å². The zero-order valence-corrected chi connectivity index (χ0v) is 16.1. The van der Waals surface area contributed by atoms with Crippen molar-refractivity contribution >= 4 is 15.9 Å². The molecular weight excluding hydrogens is 381 g/mol. The molecule has 0 aromatic heterocycles. The first-order chi connectivity index (χ1) is 12.6. The van der Waals surface area contributed by atoms with Gasteiger partial charge in [-0.1, -0.05) is 25.5 Å². The molecule has 0 spiro atoms. The van der Waals surface area contributed by atoms with E-state index in [4.69, 9.17) is 0 Å². The normalized spacial score (nSPS) is 15.0. The smallest absolute Gasteiger partial charge is 0.334 e. The standard InChI is InChI=1S/C18H25F3N2O3S/c1-2-3-12-23(13-18(19,20)21)17(24)11-6-14-4-9-16(10-5-14)27(25,26)22-15-7-8-15/h4-5,9-10,15,22H,2-3,6-8,11-13H2,1H3. The Morgan fingerprint density at radius 1 is 1.22 bits per heavy atom. The largest absolute Gasteiger partial charge is 0.406 e. The molecule has 152 valence electrons. The van der Waals surface area contributed by atoms with Gasteiger partial charge in [-0.3, -0.25) is 4.79 Å². The van der Waals surface area contributed by atoms with Crippen molar-refractivity contribution in [3.63, 3.8) is 0 Å². The number of alkyl halides is 3. The lowest BCUT2D eigenvalue weighted by Crippen LogP contribution is -2.39. The van der Waals surface area contributed by atoms with Gasteiger partial charge in [-0.25, -0.2) is 13.1 Å². The zero-order chi connectivity index (χ0) is 20.1. The van der Waals surface area contributed by atoms with Gasteiger partial charge in [0.25, 0.3) is 0 Å². The van der Waals surface area contributed by atoms with Crippen LogP contribution in [0, 0.1) is 0 Å². The number of hydrogen-bond acceptors (Lipinski definition) is 3. The summed E-state index contributed by atoms with van der Waals surface area (Å²) in [5.41, 5.74) is 0.705. The predicted octanol–water partition coefficient (Wildman–Crippen LogP) is 3.25. The van der Waals surface area contributed by atoms with E-state index in [0.29, 0.717) is 18.4 Å². The summed E-state index contributed by atoms with van der Waals surface area (Å²) in [5, 5.41) is 0. The quantitative estimate of drug-likeness (QED) is 0.649. The summed E-state index contributed by atoms with van der Waals surface area (Å²) < 4.78 is 64.7. The number of nitrogens with one attached hydrogen (secondary N) is 1. The molecule has 2 rings (SSSR count). The van der Waals surface area contributed by atoms with Crippen LogP contribution in [0.3, 0.4) is 0 Å². The van der Waals surface area contributed by atoms with E-state index < -0.39 is 28.7 Å². The summed E-state index contributed by atoms with van der Waals surface area (Å²) in [5.74, 6) is -0.548. The average molecular weight is 406 g/mol. The Morgan fingerprint density at radius 2 is 1.85 bits per heavy atom. The molecule has 0 saturated heterocycles. The lowest BCUT2D eigenvalue weighted by atomic mass is 10.1. The maximum absolute atomic E-state index is 12.7. The third kappa shape index (κ3) is 7.50. The van der Waals surface area contributed by atoms with E-state index in [1.165, 1.54) is 12.1 Å². The predicted molar refractivity (Wildman–Crippen MR) is 95.6 cm³/mol. The lowest BCUT2D eigenvalue weighted by molar-refractivity contribution is -0.161. The SMILES string of the molecule is CCCCN(CC(F)(F)F)C(=O)CCc1ccc(S(=O)(=O)NC2CC2)cc1. The third-order valence-corrected chi connectivity index (χ3v) is 5.80. The van der Waals surface area contributed by atoms with Crippen LogP contribution in [0.25, 0.3) is 0 Å². The summed E-state index contributed by atoms with van der Waals surface area (Å²) in [6.45, 7) is 0.693. The minimum absolute atomic E-state index is 0.00929. The van der Waals surface area contributed by atoms with Gasteiger partial charge in [-0.15, -0.1) is 0 Å². The number of nitrogens with zero attached hydrogens (tertiary/aromatic N) is 1. The van der Waals surface area contributed by atoms with Crippen LogP contribution in [0.2, 0.25) is 0 Å². The van der Waals surface area contributed by atoms with Gasteiger partial charge in [0.15, 0.2) is 0 Å². The fraction of sp³-hybridized carbons (Fsp3) is 0.611. The Balaban J connectivity index is 1.92. The van der Waals surface area contributed by atoms with Crippen LogP contribution >= 0.6 is 0 Å². The van der Waals surface area contributed by atoms with Gasteiger partial charge in [-0.05, 0) is 43.4 Å². The van der Waals surface area contributed by atoms with E-state index in [-0.39, 0.29) is 30.3 Å². The molecule has 0 radical (unpaired) electrons. The molecule has 1 aliphatic carbocycles. The highest BCUT2D eigenvalue weighted by Crippen LogP contribution is 2.22. The number of aryl methyl sites for hydroxylation is 1. The Kier molecular flexibility index (Phi) is 7.27. The fourth-order valence-electron chi connectivity index (χ4n) is 2.59. The molecule has 1 saturated carbocycles. The van der Waals surface area contributed by atoms with Crippen LogP contribution in [0.15, 0.2) is 29.2 Å². The molecule has 9 heteroatoms. The first-order valence-corrected chi connectivity index (χ1v) is 10.5. The number of unbranched alkanes of at least 4 members (excludes halogenated alkanes) is 1. The topological polar surface area (TPSA) is 66.5 Å². The number of benzene rings is 1. The summed E-state index contributed by atoms with van der Waals surface area (Å²) >= 11 is 0. The van der Waals surface area contributed by atoms with Crippen molar-refractivity contribution in [1.29, 1.82) is 0 Å². The number of rotatable bonds is 10. The molecule has 1 amide bonds. The molecule has 1 fully saturated rings. The summed E-state index contributed by atoms with van der Waals surface area (Å²) in [7, 11) is -3.54. The number of halogens is 3. The van der Waals surface area contributed by atoms with E-state index in [9.17, 15) is 26.4 Å². The van der Waals surface area contributed by atoms with Crippen molar-refractivity contribution < 1.29 is 26.4 Å². The Morgan fingerprint density at radius 3 is 2.37 bits per heavy atom. The monoisotopic (exact) mass is 406 g/mol. The molecule has 0 aliphatic heterocycles. The molecule has 0 atom stereocenters. The fourth-order valence-corrected chi connectivity index (χ4v) is 3.90. The van der Waals surface area contributed by atoms with Crippen molar-refractivity contribution in [2.24, 2.45) is 0 Å². The number of sulfonamides is 1. The van der Waals surface area contributed by atoms with Crippen LogP contribution in [-0.4, -0.2) is 44.5 Å². The van der Waals surface area contributed by atoms with Crippen LogP contribution < -0.4 is 4.72 Å². The lowest BCUT2D eigenvalue weighted by Gasteiger charge is -2.24. The average Bonchev–Trinajstić information content (AvgIpc) is 3.39. The summed E-state index contributed by atoms with van der Waals surface area (Å²) in [4.78, 5) is 13.2. The molecule has 5 nitrogen and oxygen atoms in total. The van der Waals surface area contributed by atoms with Crippen LogP contribution in [-0.2, 0) is 21.2 Å². The molecular formula is C18H25F3N2O3S. The molecule has 0 unspecified atom stereocenters. The van der Waals surface area contributed by atoms with E-state index in [0.717, 1.165) is 17.7 Å². The van der Waals surface area contributed by atoms with Gasteiger partial charge in [0.2, 0.25) is 15.9 Å². The second-order valence-corrected chi connectivity index (χ2v) is 8.54. The minimum atomic E-state index is -4.42. The number of carbonyl (C=O) groups excluding carboxylic acids is 1. The van der Waals surface area contributed by atoms with Crippen molar-refractivity contribution in [2.45, 2.75) is 62.6 Å². The molecule has 0 bridgehead atoms. The highest BCUT2D eigenvalue weighted by Gasteiger charge is 2.32. The molecule has 0 heterocycles. The zero-order valence-electron chi connectivity index (χ0n) is 15.3. The molecule has 27 heavy (non-hydrogen) atoms. The molecule has 1 aromatic carbocycles. The van der Waals surface area contributed by atoms with Gasteiger partial charge in [-0.2, -0.15) is 13.2 Å². The van der Waals surface area contributed by atoms with Crippen molar-refractivity contribution in [1.82, 2.24) is 9.62 Å². The van der Waals surface area contributed by atoms with Crippen molar-refractivity contribution in [3.8, 4) is 0 Å². The number of amides is 1. The summed E-state index contributed by atoms with van der Waals surface area (Å²) in [6.07, 6.45) is -1.32. The first kappa shape index (κ1) is 21.7. The van der Waals surface area contributed by atoms with E-state index in [1.807, 2.05) is 6.92 Å². The second-order valence-electron chi connectivity index (χ2n) is 6.82. The Labute approximate surface area is 158 Å². The van der Waals surface area contributed by atoms with Gasteiger partial charge in [0.05, 0.1) is 4.90 Å². The maximum atomic E-state index is 12.7. The van der Waals surface area contributed by atoms with Crippen molar-refractivity contribution in [3.05, 3.63) is 29.8 Å². The second kappa shape index (κ2) is 9.05. The Bertz CT molecular complexity index is 729. The van der Waals surface area contributed by atoms with E-state index >= 15 is 0 Å². The number of carbonyl (C=O) groups is 1. The van der Waals surface area contributed by atoms with Crippen LogP contribution in [0.4, 0.5) is 13.2 Å². The van der Waals surface area contributed by atoms with Gasteiger partial charge < -0.3 is 4.90 Å². The van der Waals surface area contributed by atoms with Gasteiger partial charge in [0.1, 0.15) is 6.54 Å². The molecule has 1 aliphatic rings. The Hall–Kier alpha value is -1.61. The van der Waals surface area contributed by atoms with Gasteiger partial charge >= 0.3 is 6.18 Å². The van der Waals surface area contributed by atoms with E-state index in [2.05, 4.69) is 4.72 Å². The highest BCUT2D eigenvalue weighted by atomic mass is 32.2. The van der Waals surface area contributed by atoms with E-state index in [1.54, 1.807) is 12.1 Å². The molecule has 1 aromatic rings. The third-order valence-electron chi connectivity index (χ3n) is 4.26. The first-order valence-electron chi connectivity index (χ1n) is 9.06. The summed E-state index contributed by atoms with van der Waals surface area (Å²) in [6, 6.07) is 6.10. The minimum Gasteiger partial charge on any atom is -0.334 e. The highest BCUT2D eigenvalue weighted by molar-refractivity contribution is 7.89. The van der Waals surface area contributed by atoms with Crippen LogP contribution in [0.1, 0.15) is 44.6 Å². The van der Waals surface area contributed by atoms with Gasteiger partial charge in [0, 0.05) is 19.0 Å². The maximum Gasteiger partial charge on any atom is 0.406 e. The molecule has 1 N–H and O–H groups in total. The number of hydrogen-bond donors (Lipinski definition) is 1. The van der Waals surface area contributed by atoms with Crippen LogP contribution in [0.5, 0.6) is 0 Å².